The van der Waals surface area contributed by atoms with Crippen LogP contribution in [0.25, 0.3) is 0 Å². The Hall–Kier alpha value is 0.132. The van der Waals surface area contributed by atoms with Gasteiger partial charge >= 0.3 is 60.0 Å². The monoisotopic (exact) mass is 288 g/mol. The van der Waals surface area contributed by atoms with Crippen molar-refractivity contribution in [2.45, 2.75) is 20.3 Å². The van der Waals surface area contributed by atoms with E-state index in [1.54, 1.807) is 0 Å². The molecule has 3 heteroatoms. The molecule has 0 spiro atoms. The Balaban J connectivity index is 3.25. The molecule has 0 aromatic carbocycles. The summed E-state index contributed by atoms with van der Waals surface area (Å²) in [6, 6.07) is 0. The van der Waals surface area contributed by atoms with Crippen LogP contribution < -0.4 is 0 Å². The first-order valence-corrected chi connectivity index (χ1v) is 3.59. The van der Waals surface area contributed by atoms with E-state index in [0.29, 0.717) is 12.3 Å². The summed E-state index contributed by atoms with van der Waals surface area (Å²) in [5.41, 5.74) is 0. The molecular formula is C5H9O2Re. The fourth-order valence-corrected chi connectivity index (χ4v) is 0.591. The minimum atomic E-state index is -0.100. The number of hydrogen-bond donors (Lipinski definition) is 0. The second-order valence-electron chi connectivity index (χ2n) is 2.05. The van der Waals surface area contributed by atoms with Gasteiger partial charge in [-0.2, -0.15) is 0 Å². The van der Waals surface area contributed by atoms with Gasteiger partial charge in [-0.25, -0.2) is 0 Å². The van der Waals surface area contributed by atoms with Crippen molar-refractivity contribution in [1.82, 2.24) is 0 Å². The van der Waals surface area contributed by atoms with Crippen LogP contribution in [0.1, 0.15) is 20.3 Å². The second-order valence-corrected chi connectivity index (χ2v) is 2.60. The van der Waals surface area contributed by atoms with Crippen LogP contribution in [0.4, 0.5) is 0 Å². The van der Waals surface area contributed by atoms with E-state index < -0.39 is 0 Å². The molecule has 8 heavy (non-hydrogen) atoms. The third-order valence-corrected chi connectivity index (χ3v) is 1.28. The molecule has 0 rings (SSSR count). The van der Waals surface area contributed by atoms with E-state index in [1.165, 1.54) is 0 Å². The van der Waals surface area contributed by atoms with E-state index >= 15 is 0 Å². The molecule has 0 aliphatic carbocycles. The zero-order valence-electron chi connectivity index (χ0n) is 4.98. The fraction of sp³-hybridized carbons (Fsp3) is 0.800. The van der Waals surface area contributed by atoms with E-state index in [1.807, 2.05) is 13.8 Å². The molecule has 0 aliphatic heterocycles. The van der Waals surface area contributed by atoms with Crippen LogP contribution in [-0.2, 0) is 27.8 Å². The number of carbonyl (C=O) groups is 1. The Morgan fingerprint density at radius 2 is 2.25 bits per heavy atom. The van der Waals surface area contributed by atoms with Gasteiger partial charge in [0.2, 0.25) is 0 Å². The summed E-state index contributed by atoms with van der Waals surface area (Å²) >= 11 is 1.06. The SMILES string of the molecule is CC(C)CC(=O)[O][Re]. The van der Waals surface area contributed by atoms with Gasteiger partial charge in [-0.05, 0) is 0 Å². The zero-order valence-corrected chi connectivity index (χ0v) is 7.69. The predicted octanol–water partition coefficient (Wildman–Crippen LogP) is 1.04. The molecule has 0 unspecified atom stereocenters. The molecule has 0 N–H and O–H groups in total. The van der Waals surface area contributed by atoms with E-state index in [2.05, 4.69) is 3.46 Å². The van der Waals surface area contributed by atoms with Crippen molar-refractivity contribution in [3.8, 4) is 0 Å². The summed E-state index contributed by atoms with van der Waals surface area (Å²) < 4.78 is 4.48. The zero-order chi connectivity index (χ0) is 6.57. The Bertz CT molecular complexity index is 80.5. The average molecular weight is 287 g/mol. The topological polar surface area (TPSA) is 26.3 Å². The summed E-state index contributed by atoms with van der Waals surface area (Å²) in [5, 5.41) is 0. The standard InChI is InChI=1S/C5H10O2.Re/c1-4(2)3-5(6)7;/h4H,3H2,1-2H3,(H,6,7);/q;+1/p-1. The van der Waals surface area contributed by atoms with Gasteiger partial charge in [-0.3, -0.25) is 0 Å². The molecule has 0 aromatic heterocycles. The van der Waals surface area contributed by atoms with Crippen molar-refractivity contribution < 1.29 is 27.8 Å². The van der Waals surface area contributed by atoms with Gasteiger partial charge < -0.3 is 0 Å². The molecule has 0 saturated carbocycles. The van der Waals surface area contributed by atoms with Gasteiger partial charge in [0, 0.05) is 0 Å². The molecule has 0 atom stereocenters. The number of hydrogen-bond acceptors (Lipinski definition) is 2. The fourth-order valence-electron chi connectivity index (χ4n) is 0.365. The van der Waals surface area contributed by atoms with Gasteiger partial charge in [0.15, 0.2) is 0 Å². The van der Waals surface area contributed by atoms with Crippen molar-refractivity contribution in [2.75, 3.05) is 0 Å². The third-order valence-electron chi connectivity index (χ3n) is 0.661. The molecule has 48 valence electrons. The maximum atomic E-state index is 10.4. The molecule has 0 heterocycles. The molecule has 2 nitrogen and oxygen atoms in total. The first kappa shape index (κ1) is 8.13. The van der Waals surface area contributed by atoms with E-state index in [4.69, 9.17) is 0 Å². The minimum absolute atomic E-state index is 0.100. The summed E-state index contributed by atoms with van der Waals surface area (Å²) in [6.45, 7) is 3.98. The van der Waals surface area contributed by atoms with Crippen molar-refractivity contribution in [3.63, 3.8) is 0 Å². The van der Waals surface area contributed by atoms with E-state index in [0.717, 1.165) is 19.6 Å². The van der Waals surface area contributed by atoms with Crippen molar-refractivity contribution in [1.29, 1.82) is 0 Å². The van der Waals surface area contributed by atoms with Crippen LogP contribution in [0.5, 0.6) is 0 Å². The summed E-state index contributed by atoms with van der Waals surface area (Å²) in [4.78, 5) is 10.4. The van der Waals surface area contributed by atoms with Gasteiger partial charge in [-0.15, -0.1) is 0 Å². The van der Waals surface area contributed by atoms with Gasteiger partial charge in [0.25, 0.3) is 0 Å². The average Bonchev–Trinajstić information content (AvgIpc) is 1.65. The van der Waals surface area contributed by atoms with E-state index in [-0.39, 0.29) is 5.97 Å². The summed E-state index contributed by atoms with van der Waals surface area (Å²) in [6.07, 6.45) is 0.538. The van der Waals surface area contributed by atoms with Crippen molar-refractivity contribution in [2.24, 2.45) is 5.92 Å². The molecule has 0 saturated heterocycles. The Morgan fingerprint density at radius 3 is 2.38 bits per heavy atom. The first-order valence-electron chi connectivity index (χ1n) is 2.48. The Kier molecular flexibility index (Phi) is 4.12. The Morgan fingerprint density at radius 1 is 1.75 bits per heavy atom. The maximum absolute atomic E-state index is 10.4. The molecule has 0 amide bonds. The predicted molar refractivity (Wildman–Crippen MR) is 25.5 cm³/mol. The summed E-state index contributed by atoms with van der Waals surface area (Å²) in [7, 11) is 0. The first-order chi connectivity index (χ1) is 3.66. The summed E-state index contributed by atoms with van der Waals surface area (Å²) in [5.74, 6) is 0.314. The van der Waals surface area contributed by atoms with Crippen LogP contribution in [0, 0.1) is 5.92 Å². The van der Waals surface area contributed by atoms with Gasteiger partial charge in [0.1, 0.15) is 0 Å². The molecule has 0 aromatic rings. The van der Waals surface area contributed by atoms with Crippen LogP contribution in [-0.4, -0.2) is 5.97 Å². The molecule has 0 radical (unpaired) electrons. The van der Waals surface area contributed by atoms with Gasteiger partial charge in [0.05, 0.1) is 0 Å². The second kappa shape index (κ2) is 4.06. The van der Waals surface area contributed by atoms with Crippen LogP contribution in [0.2, 0.25) is 0 Å². The number of carbonyl (C=O) groups excluding carboxylic acids is 1. The Labute approximate surface area is 60.4 Å². The van der Waals surface area contributed by atoms with E-state index in [9.17, 15) is 4.79 Å². The van der Waals surface area contributed by atoms with Gasteiger partial charge in [-0.1, -0.05) is 0 Å². The van der Waals surface area contributed by atoms with Crippen LogP contribution in [0.15, 0.2) is 0 Å². The molecule has 0 bridgehead atoms. The number of rotatable bonds is 2. The molecule has 0 fully saturated rings. The van der Waals surface area contributed by atoms with Crippen LogP contribution in [0.3, 0.4) is 0 Å². The quantitative estimate of drug-likeness (QED) is 0.758. The van der Waals surface area contributed by atoms with Crippen molar-refractivity contribution in [3.05, 3.63) is 0 Å². The molecular weight excluding hydrogens is 278 g/mol. The normalized spacial score (nSPS) is 9.50. The van der Waals surface area contributed by atoms with Crippen molar-refractivity contribution >= 4 is 5.97 Å². The molecule has 0 aliphatic rings. The third kappa shape index (κ3) is 4.30. The van der Waals surface area contributed by atoms with Crippen LogP contribution >= 0.6 is 0 Å².